The van der Waals surface area contributed by atoms with E-state index in [1.165, 1.54) is 37.7 Å². The lowest BCUT2D eigenvalue weighted by Crippen LogP contribution is -2.39. The van der Waals surface area contributed by atoms with Crippen LogP contribution in [0.15, 0.2) is 54.6 Å². The molecule has 0 amide bonds. The van der Waals surface area contributed by atoms with E-state index in [2.05, 4.69) is 35.2 Å². The van der Waals surface area contributed by atoms with Crippen molar-refractivity contribution in [3.8, 4) is 0 Å². The number of benzene rings is 2. The lowest BCUT2D eigenvalue weighted by atomic mass is 9.93. The van der Waals surface area contributed by atoms with E-state index in [9.17, 15) is 5.11 Å². The van der Waals surface area contributed by atoms with Crippen LogP contribution in [0.3, 0.4) is 0 Å². The maximum absolute atomic E-state index is 10.7. The maximum Gasteiger partial charge on any atom is 0.0917 e. The molecule has 2 aromatic rings. The van der Waals surface area contributed by atoms with Crippen molar-refractivity contribution >= 4 is 11.6 Å². The van der Waals surface area contributed by atoms with Crippen LogP contribution in [0, 0.1) is 0 Å². The molecule has 0 aliphatic heterocycles. The van der Waals surface area contributed by atoms with Gasteiger partial charge in [-0.25, -0.2) is 0 Å². The third-order valence-electron chi connectivity index (χ3n) is 4.98. The number of aliphatic hydroxyl groups excluding tert-OH is 1. The van der Waals surface area contributed by atoms with E-state index in [0.29, 0.717) is 17.6 Å². The highest BCUT2D eigenvalue weighted by Gasteiger charge is 2.24. The Labute approximate surface area is 150 Å². The second-order valence-electron chi connectivity index (χ2n) is 6.77. The van der Waals surface area contributed by atoms with E-state index in [4.69, 9.17) is 11.6 Å². The van der Waals surface area contributed by atoms with E-state index in [-0.39, 0.29) is 0 Å². The normalized spacial score (nSPS) is 17.1. The van der Waals surface area contributed by atoms with E-state index >= 15 is 0 Å². The van der Waals surface area contributed by atoms with Crippen molar-refractivity contribution in [1.29, 1.82) is 0 Å². The molecule has 128 valence electrons. The van der Waals surface area contributed by atoms with Crippen molar-refractivity contribution in [3.63, 3.8) is 0 Å². The van der Waals surface area contributed by atoms with E-state index in [0.717, 1.165) is 12.1 Å². The van der Waals surface area contributed by atoms with Crippen molar-refractivity contribution in [3.05, 3.63) is 70.7 Å². The Balaban J connectivity index is 1.72. The van der Waals surface area contributed by atoms with Gasteiger partial charge in [-0.2, -0.15) is 0 Å². The van der Waals surface area contributed by atoms with E-state index in [1.54, 1.807) is 0 Å². The summed E-state index contributed by atoms with van der Waals surface area (Å²) < 4.78 is 0. The molecule has 2 nitrogen and oxygen atoms in total. The predicted molar refractivity (Wildman–Crippen MR) is 100 cm³/mol. The number of hydrogen-bond donors (Lipinski definition) is 1. The highest BCUT2D eigenvalue weighted by Crippen LogP contribution is 2.27. The Bertz CT molecular complexity index is 607. The largest absolute Gasteiger partial charge is 0.387 e. The van der Waals surface area contributed by atoms with Gasteiger partial charge in [0.25, 0.3) is 0 Å². The zero-order valence-electron chi connectivity index (χ0n) is 14.1. The number of halogens is 1. The van der Waals surface area contributed by atoms with Gasteiger partial charge >= 0.3 is 0 Å². The first-order chi connectivity index (χ1) is 11.7. The molecule has 0 unspecified atom stereocenters. The van der Waals surface area contributed by atoms with Crippen molar-refractivity contribution in [2.45, 2.75) is 50.8 Å². The lowest BCUT2D eigenvalue weighted by molar-refractivity contribution is 0.0674. The van der Waals surface area contributed by atoms with Crippen molar-refractivity contribution in [2.24, 2.45) is 0 Å². The molecule has 0 heterocycles. The molecule has 0 aromatic heterocycles. The maximum atomic E-state index is 10.7. The summed E-state index contributed by atoms with van der Waals surface area (Å²) in [6.07, 6.45) is 5.93. The minimum atomic E-state index is -0.479. The molecule has 0 spiro atoms. The highest BCUT2D eigenvalue weighted by molar-refractivity contribution is 6.30. The van der Waals surface area contributed by atoms with Gasteiger partial charge in [-0.15, -0.1) is 0 Å². The Morgan fingerprint density at radius 2 is 1.62 bits per heavy atom. The molecular formula is C21H26ClNO. The first kappa shape index (κ1) is 17.5. The van der Waals surface area contributed by atoms with Crippen LogP contribution in [0.25, 0.3) is 0 Å². The zero-order valence-corrected chi connectivity index (χ0v) is 14.8. The number of hydrogen-bond acceptors (Lipinski definition) is 2. The summed E-state index contributed by atoms with van der Waals surface area (Å²) in [5, 5.41) is 11.4. The third kappa shape index (κ3) is 4.83. The molecule has 1 fully saturated rings. The van der Waals surface area contributed by atoms with Crippen LogP contribution in [0.2, 0.25) is 5.02 Å². The SMILES string of the molecule is O[C@@H](CN(Cc1ccccc1)C1CCCCC1)c1ccc(Cl)cc1. The lowest BCUT2D eigenvalue weighted by Gasteiger charge is -2.35. The molecule has 1 atom stereocenters. The molecule has 3 rings (SSSR count). The zero-order chi connectivity index (χ0) is 16.8. The van der Waals surface area contributed by atoms with Crippen LogP contribution in [0.4, 0.5) is 0 Å². The fourth-order valence-electron chi connectivity index (χ4n) is 3.62. The van der Waals surface area contributed by atoms with Crippen molar-refractivity contribution in [1.82, 2.24) is 4.90 Å². The first-order valence-corrected chi connectivity index (χ1v) is 9.31. The van der Waals surface area contributed by atoms with Gasteiger partial charge in [0.15, 0.2) is 0 Å². The second-order valence-corrected chi connectivity index (χ2v) is 7.21. The van der Waals surface area contributed by atoms with Gasteiger partial charge in [-0.05, 0) is 36.1 Å². The summed E-state index contributed by atoms with van der Waals surface area (Å²) in [6, 6.07) is 18.7. The Kier molecular flexibility index (Phi) is 6.30. The summed E-state index contributed by atoms with van der Waals surface area (Å²) in [5.41, 5.74) is 2.25. The van der Waals surface area contributed by atoms with Gasteiger partial charge in [0.05, 0.1) is 6.10 Å². The van der Waals surface area contributed by atoms with Crippen molar-refractivity contribution in [2.75, 3.05) is 6.54 Å². The van der Waals surface area contributed by atoms with E-state index < -0.39 is 6.10 Å². The molecule has 1 aliphatic rings. The first-order valence-electron chi connectivity index (χ1n) is 8.94. The summed E-state index contributed by atoms with van der Waals surface area (Å²) in [5.74, 6) is 0. The minimum Gasteiger partial charge on any atom is -0.387 e. The molecule has 0 saturated heterocycles. The Hall–Kier alpha value is -1.35. The smallest absolute Gasteiger partial charge is 0.0917 e. The predicted octanol–water partition coefficient (Wildman–Crippen LogP) is 5.21. The van der Waals surface area contributed by atoms with Gasteiger partial charge in [0.2, 0.25) is 0 Å². The van der Waals surface area contributed by atoms with Gasteiger partial charge in [-0.3, -0.25) is 4.90 Å². The van der Waals surface area contributed by atoms with Crippen molar-refractivity contribution < 1.29 is 5.11 Å². The molecule has 1 saturated carbocycles. The summed E-state index contributed by atoms with van der Waals surface area (Å²) in [7, 11) is 0. The molecule has 0 radical (unpaired) electrons. The van der Waals surface area contributed by atoms with Crippen LogP contribution >= 0.6 is 11.6 Å². The third-order valence-corrected chi connectivity index (χ3v) is 5.23. The van der Waals surface area contributed by atoms with Gasteiger partial charge < -0.3 is 5.11 Å². The van der Waals surface area contributed by atoms with Gasteiger partial charge in [0, 0.05) is 24.2 Å². The molecule has 24 heavy (non-hydrogen) atoms. The molecule has 3 heteroatoms. The number of rotatable bonds is 6. The van der Waals surface area contributed by atoms with Gasteiger partial charge in [-0.1, -0.05) is 73.3 Å². The summed E-state index contributed by atoms with van der Waals surface area (Å²) in [4.78, 5) is 2.47. The van der Waals surface area contributed by atoms with Crippen LogP contribution in [-0.4, -0.2) is 22.6 Å². The molecule has 2 aromatic carbocycles. The summed E-state index contributed by atoms with van der Waals surface area (Å²) in [6.45, 7) is 1.57. The topological polar surface area (TPSA) is 23.5 Å². The van der Waals surface area contributed by atoms with Gasteiger partial charge in [0.1, 0.15) is 0 Å². The molecule has 1 N–H and O–H groups in total. The Morgan fingerprint density at radius 3 is 2.29 bits per heavy atom. The average molecular weight is 344 g/mol. The number of aliphatic hydroxyl groups is 1. The van der Waals surface area contributed by atoms with Crippen LogP contribution in [-0.2, 0) is 6.54 Å². The highest BCUT2D eigenvalue weighted by atomic mass is 35.5. The fourth-order valence-corrected chi connectivity index (χ4v) is 3.75. The van der Waals surface area contributed by atoms with Crippen LogP contribution < -0.4 is 0 Å². The van der Waals surface area contributed by atoms with Crippen LogP contribution in [0.5, 0.6) is 0 Å². The monoisotopic (exact) mass is 343 g/mol. The molecule has 1 aliphatic carbocycles. The second kappa shape index (κ2) is 8.66. The molecular weight excluding hydrogens is 318 g/mol. The minimum absolute atomic E-state index is 0.479. The fraction of sp³-hybridized carbons (Fsp3) is 0.429. The van der Waals surface area contributed by atoms with E-state index in [1.807, 2.05) is 24.3 Å². The molecule has 0 bridgehead atoms. The van der Waals surface area contributed by atoms with Crippen LogP contribution in [0.1, 0.15) is 49.3 Å². The summed E-state index contributed by atoms with van der Waals surface area (Å²) >= 11 is 5.96. The average Bonchev–Trinajstić information content (AvgIpc) is 2.63. The Morgan fingerprint density at radius 1 is 0.958 bits per heavy atom. The standard InChI is InChI=1S/C21H26ClNO/c22-19-13-11-18(12-14-19)21(24)16-23(20-9-5-2-6-10-20)15-17-7-3-1-4-8-17/h1,3-4,7-8,11-14,20-21,24H,2,5-6,9-10,15-16H2/t21-/m0/s1. The quantitative estimate of drug-likeness (QED) is 0.778. The number of nitrogens with zero attached hydrogens (tertiary/aromatic N) is 1.